The van der Waals surface area contributed by atoms with E-state index in [4.69, 9.17) is 0 Å². The second kappa shape index (κ2) is 10.2. The summed E-state index contributed by atoms with van der Waals surface area (Å²) < 4.78 is 0. The van der Waals surface area contributed by atoms with Gasteiger partial charge in [0, 0.05) is 18.1 Å². The Kier molecular flexibility index (Phi) is 8.25. The number of carboxylic acid groups (broad SMARTS) is 1. The minimum absolute atomic E-state index is 0.0281. The smallest absolute Gasteiger partial charge is 0.267 e. The van der Waals surface area contributed by atoms with E-state index in [-0.39, 0.29) is 23.9 Å². The number of hydrogen-bond donors (Lipinski definition) is 2. The maximum absolute atomic E-state index is 12.2. The number of unbranched alkanes of at least 4 members (excludes halogenated alkanes) is 2. The number of carbonyl (C=O) groups is 3. The molecule has 0 saturated carbocycles. The van der Waals surface area contributed by atoms with Gasteiger partial charge in [0.25, 0.3) is 11.8 Å². The van der Waals surface area contributed by atoms with Crippen molar-refractivity contribution in [1.29, 1.82) is 0 Å². The summed E-state index contributed by atoms with van der Waals surface area (Å²) in [4.78, 5) is 34.7. The zero-order valence-corrected chi connectivity index (χ0v) is 14.1. The lowest BCUT2D eigenvalue weighted by atomic mass is 10.1. The quantitative estimate of drug-likeness (QED) is 0.523. The van der Waals surface area contributed by atoms with Crippen molar-refractivity contribution in [2.75, 3.05) is 6.54 Å². The van der Waals surface area contributed by atoms with E-state index >= 15 is 0 Å². The Balaban J connectivity index is 2.48. The summed E-state index contributed by atoms with van der Waals surface area (Å²) >= 11 is 0. The standard InChI is InChI=1S/C18H24N2O4/c1-13(2)16(20-17(23)14-9-5-3-6-10-14)18(24)19-12-8-4-7-11-15(21)22/h3,5-6,9-10H,4,7-8,11-12H2,1-2H3,(H,19,24)(H,20,23)(H,21,22)/p-1. The summed E-state index contributed by atoms with van der Waals surface area (Å²) in [6.07, 6.45) is 1.91. The fraction of sp³-hybridized carbons (Fsp3) is 0.389. The Morgan fingerprint density at radius 1 is 1.00 bits per heavy atom. The van der Waals surface area contributed by atoms with Crippen LogP contribution in [0.3, 0.4) is 0 Å². The summed E-state index contributed by atoms with van der Waals surface area (Å²) in [6.45, 7) is 3.92. The minimum Gasteiger partial charge on any atom is -0.550 e. The highest BCUT2D eigenvalue weighted by Gasteiger charge is 2.15. The van der Waals surface area contributed by atoms with E-state index in [9.17, 15) is 19.5 Å². The van der Waals surface area contributed by atoms with E-state index in [1.54, 1.807) is 38.1 Å². The highest BCUT2D eigenvalue weighted by Crippen LogP contribution is 2.05. The molecule has 0 spiro atoms. The molecule has 1 aromatic rings. The molecule has 0 aliphatic rings. The zero-order valence-electron chi connectivity index (χ0n) is 14.1. The summed E-state index contributed by atoms with van der Waals surface area (Å²) in [5.74, 6) is -1.75. The number of hydrogen-bond acceptors (Lipinski definition) is 4. The molecule has 0 bridgehead atoms. The Morgan fingerprint density at radius 3 is 2.25 bits per heavy atom. The molecule has 0 aliphatic carbocycles. The molecule has 0 saturated heterocycles. The first-order valence-corrected chi connectivity index (χ1v) is 7.93. The van der Waals surface area contributed by atoms with Crippen molar-refractivity contribution < 1.29 is 19.5 Å². The van der Waals surface area contributed by atoms with Crippen LogP contribution in [0.4, 0.5) is 0 Å². The summed E-state index contributed by atoms with van der Waals surface area (Å²) in [5, 5.41) is 15.7. The van der Waals surface area contributed by atoms with Crippen molar-refractivity contribution in [2.24, 2.45) is 0 Å². The van der Waals surface area contributed by atoms with E-state index < -0.39 is 5.97 Å². The first kappa shape index (κ1) is 19.4. The van der Waals surface area contributed by atoms with Crippen LogP contribution in [0.1, 0.15) is 49.9 Å². The molecule has 0 unspecified atom stereocenters. The second-order valence-electron chi connectivity index (χ2n) is 5.63. The van der Waals surface area contributed by atoms with Gasteiger partial charge >= 0.3 is 0 Å². The third kappa shape index (κ3) is 7.09. The fourth-order valence-electron chi connectivity index (χ4n) is 2.05. The van der Waals surface area contributed by atoms with E-state index in [1.165, 1.54) is 0 Å². The Hall–Kier alpha value is -2.63. The molecule has 24 heavy (non-hydrogen) atoms. The number of carboxylic acids is 1. The van der Waals surface area contributed by atoms with Gasteiger partial charge in [-0.2, -0.15) is 0 Å². The first-order valence-electron chi connectivity index (χ1n) is 7.93. The Morgan fingerprint density at radius 2 is 1.67 bits per heavy atom. The maximum Gasteiger partial charge on any atom is 0.267 e. The van der Waals surface area contributed by atoms with E-state index in [1.807, 2.05) is 6.07 Å². The average molecular weight is 331 g/mol. The van der Waals surface area contributed by atoms with E-state index in [0.29, 0.717) is 36.9 Å². The van der Waals surface area contributed by atoms with Crippen LogP contribution in [0.15, 0.2) is 41.6 Å². The molecule has 0 aliphatic heterocycles. The van der Waals surface area contributed by atoms with Crippen molar-refractivity contribution in [3.05, 3.63) is 47.2 Å². The molecule has 0 fully saturated rings. The van der Waals surface area contributed by atoms with Crippen LogP contribution < -0.4 is 15.7 Å². The van der Waals surface area contributed by atoms with Crippen LogP contribution in [-0.4, -0.2) is 24.3 Å². The van der Waals surface area contributed by atoms with Gasteiger partial charge in [-0.05, 0) is 50.8 Å². The minimum atomic E-state index is -1.06. The molecule has 1 rings (SSSR count). The lowest BCUT2D eigenvalue weighted by Gasteiger charge is -2.12. The van der Waals surface area contributed by atoms with Crippen molar-refractivity contribution in [1.82, 2.24) is 10.6 Å². The van der Waals surface area contributed by atoms with Crippen LogP contribution in [-0.2, 0) is 9.59 Å². The number of benzene rings is 1. The monoisotopic (exact) mass is 331 g/mol. The first-order chi connectivity index (χ1) is 11.4. The number of carbonyl (C=O) groups excluding carboxylic acids is 3. The normalized spacial score (nSPS) is 9.92. The van der Waals surface area contributed by atoms with Crippen LogP contribution in [0.2, 0.25) is 0 Å². The van der Waals surface area contributed by atoms with Gasteiger partial charge in [-0.25, -0.2) is 0 Å². The molecule has 0 radical (unpaired) electrons. The van der Waals surface area contributed by atoms with Crippen LogP contribution in [0.5, 0.6) is 0 Å². The SMILES string of the molecule is CC(C)=C(NC(=O)c1ccccc1)C(=O)NCCCCCC(=O)[O-]. The predicted octanol–water partition coefficient (Wildman–Crippen LogP) is 1.14. The largest absolute Gasteiger partial charge is 0.550 e. The van der Waals surface area contributed by atoms with Crippen molar-refractivity contribution in [2.45, 2.75) is 39.5 Å². The van der Waals surface area contributed by atoms with E-state index in [2.05, 4.69) is 10.6 Å². The molecule has 130 valence electrons. The van der Waals surface area contributed by atoms with Gasteiger partial charge in [0.05, 0.1) is 0 Å². The Labute approximate surface area is 141 Å². The summed E-state index contributed by atoms with van der Waals surface area (Å²) in [7, 11) is 0. The van der Waals surface area contributed by atoms with Crippen molar-refractivity contribution in [3.63, 3.8) is 0 Å². The van der Waals surface area contributed by atoms with Crippen LogP contribution >= 0.6 is 0 Å². The number of rotatable bonds is 9. The molecule has 6 heteroatoms. The summed E-state index contributed by atoms with van der Waals surface area (Å²) in [6, 6.07) is 8.67. The van der Waals surface area contributed by atoms with Gasteiger partial charge in [0.1, 0.15) is 5.70 Å². The number of nitrogens with one attached hydrogen (secondary N) is 2. The molecule has 2 amide bonds. The van der Waals surface area contributed by atoms with Crippen LogP contribution in [0, 0.1) is 0 Å². The van der Waals surface area contributed by atoms with Gasteiger partial charge < -0.3 is 20.5 Å². The van der Waals surface area contributed by atoms with Crippen molar-refractivity contribution >= 4 is 17.8 Å². The average Bonchev–Trinajstić information content (AvgIpc) is 2.55. The fourth-order valence-corrected chi connectivity index (χ4v) is 2.05. The molecule has 0 aromatic heterocycles. The van der Waals surface area contributed by atoms with Gasteiger partial charge in [0.15, 0.2) is 0 Å². The lowest BCUT2D eigenvalue weighted by Crippen LogP contribution is -2.36. The molecular weight excluding hydrogens is 308 g/mol. The maximum atomic E-state index is 12.2. The topological polar surface area (TPSA) is 98.3 Å². The summed E-state index contributed by atoms with van der Waals surface area (Å²) in [5.41, 5.74) is 1.42. The highest BCUT2D eigenvalue weighted by atomic mass is 16.4. The Bertz CT molecular complexity index is 605. The molecule has 1 aromatic carbocycles. The second-order valence-corrected chi connectivity index (χ2v) is 5.63. The van der Waals surface area contributed by atoms with Gasteiger partial charge in [0.2, 0.25) is 0 Å². The lowest BCUT2D eigenvalue weighted by molar-refractivity contribution is -0.305. The zero-order chi connectivity index (χ0) is 17.9. The van der Waals surface area contributed by atoms with E-state index in [0.717, 1.165) is 0 Å². The van der Waals surface area contributed by atoms with Crippen LogP contribution in [0.25, 0.3) is 0 Å². The molecule has 6 nitrogen and oxygen atoms in total. The predicted molar refractivity (Wildman–Crippen MR) is 88.8 cm³/mol. The molecule has 0 atom stereocenters. The molecular formula is C18H23N2O4-. The number of amides is 2. The van der Waals surface area contributed by atoms with Gasteiger partial charge in [-0.1, -0.05) is 24.6 Å². The third-order valence-electron chi connectivity index (χ3n) is 3.34. The number of allylic oxidation sites excluding steroid dienone is 1. The van der Waals surface area contributed by atoms with Crippen molar-refractivity contribution in [3.8, 4) is 0 Å². The number of aliphatic carboxylic acids is 1. The highest BCUT2D eigenvalue weighted by molar-refractivity contribution is 6.03. The molecule has 2 N–H and O–H groups in total. The molecule has 0 heterocycles. The van der Waals surface area contributed by atoms with Gasteiger partial charge in [-0.15, -0.1) is 0 Å². The van der Waals surface area contributed by atoms with Gasteiger partial charge in [-0.3, -0.25) is 9.59 Å². The third-order valence-corrected chi connectivity index (χ3v) is 3.34.